The zero-order valence-corrected chi connectivity index (χ0v) is 14.1. The molecule has 4 rings (SSSR count). The summed E-state index contributed by atoms with van der Waals surface area (Å²) in [4.78, 5) is 21.2. The summed E-state index contributed by atoms with van der Waals surface area (Å²) in [5, 5.41) is 4.00. The van der Waals surface area contributed by atoms with E-state index in [0.29, 0.717) is 22.5 Å². The van der Waals surface area contributed by atoms with Gasteiger partial charge in [0, 0.05) is 33.3 Å². The molecule has 0 bridgehead atoms. The van der Waals surface area contributed by atoms with Crippen LogP contribution in [0.15, 0.2) is 72.8 Å². The molecular formula is C22H18N2O2. The Kier molecular flexibility index (Phi) is 4.94. The lowest BCUT2D eigenvalue weighted by molar-refractivity contribution is 0.111. The summed E-state index contributed by atoms with van der Waals surface area (Å²) in [5.74, 6) is 0. The second-order valence-corrected chi connectivity index (χ2v) is 5.81. The van der Waals surface area contributed by atoms with Crippen LogP contribution in [0.3, 0.4) is 0 Å². The number of nitrogen functional groups attached to an aromatic ring is 2. The van der Waals surface area contributed by atoms with E-state index in [2.05, 4.69) is 0 Å². The number of anilines is 2. The van der Waals surface area contributed by atoms with Crippen molar-refractivity contribution in [3.8, 4) is 0 Å². The predicted octanol–water partition coefficient (Wildman–Crippen LogP) is 4.47. The number of carbonyl (C=O) groups excluding carboxylic acids is 2. The van der Waals surface area contributed by atoms with Crippen molar-refractivity contribution in [1.82, 2.24) is 0 Å². The van der Waals surface area contributed by atoms with E-state index in [-0.39, 0.29) is 0 Å². The van der Waals surface area contributed by atoms with Crippen LogP contribution in [0, 0.1) is 0 Å². The highest BCUT2D eigenvalue weighted by Gasteiger charge is 2.02. The van der Waals surface area contributed by atoms with E-state index in [0.717, 1.165) is 34.1 Å². The molecule has 4 nitrogen and oxygen atoms in total. The lowest BCUT2D eigenvalue weighted by Gasteiger charge is -2.03. The number of benzene rings is 4. The Morgan fingerprint density at radius 1 is 0.538 bits per heavy atom. The summed E-state index contributed by atoms with van der Waals surface area (Å²) < 4.78 is 0. The number of carbonyl (C=O) groups is 2. The van der Waals surface area contributed by atoms with Crippen LogP contribution >= 0.6 is 0 Å². The molecule has 26 heavy (non-hydrogen) atoms. The van der Waals surface area contributed by atoms with Crippen molar-refractivity contribution in [3.05, 3.63) is 83.9 Å². The van der Waals surface area contributed by atoms with Gasteiger partial charge in [-0.2, -0.15) is 0 Å². The second kappa shape index (κ2) is 7.49. The van der Waals surface area contributed by atoms with Crippen molar-refractivity contribution < 1.29 is 9.59 Å². The molecule has 0 saturated carbocycles. The molecule has 0 spiro atoms. The van der Waals surface area contributed by atoms with E-state index in [1.54, 1.807) is 12.1 Å². The van der Waals surface area contributed by atoms with Crippen LogP contribution < -0.4 is 11.5 Å². The van der Waals surface area contributed by atoms with Crippen molar-refractivity contribution in [1.29, 1.82) is 0 Å². The van der Waals surface area contributed by atoms with Gasteiger partial charge in [0.1, 0.15) is 0 Å². The van der Waals surface area contributed by atoms with Crippen LogP contribution in [0.25, 0.3) is 21.5 Å². The van der Waals surface area contributed by atoms with Gasteiger partial charge in [-0.25, -0.2) is 0 Å². The van der Waals surface area contributed by atoms with Gasteiger partial charge in [-0.05, 0) is 22.9 Å². The van der Waals surface area contributed by atoms with E-state index in [1.807, 2.05) is 60.7 Å². The zero-order chi connectivity index (χ0) is 18.5. The van der Waals surface area contributed by atoms with Crippen LogP contribution in [0.5, 0.6) is 0 Å². The minimum Gasteiger partial charge on any atom is -0.398 e. The van der Waals surface area contributed by atoms with Gasteiger partial charge >= 0.3 is 0 Å². The summed E-state index contributed by atoms with van der Waals surface area (Å²) in [6.45, 7) is 0. The molecule has 0 radical (unpaired) electrons. The van der Waals surface area contributed by atoms with Gasteiger partial charge in [0.05, 0.1) is 0 Å². The molecule has 128 valence electrons. The zero-order valence-electron chi connectivity index (χ0n) is 14.1. The fraction of sp³-hybridized carbons (Fsp3) is 0. The Hall–Kier alpha value is -3.66. The highest BCUT2D eigenvalue weighted by molar-refractivity contribution is 6.01. The standard InChI is InChI=1S/2C11H9NO/c2*12-11-9(7-13)6-5-8-3-1-2-4-10(8)11/h2*1-7H,12H2. The minimum absolute atomic E-state index is 0.554. The third-order valence-corrected chi connectivity index (χ3v) is 4.26. The maximum absolute atomic E-state index is 10.6. The fourth-order valence-corrected chi connectivity index (χ4v) is 2.83. The van der Waals surface area contributed by atoms with Gasteiger partial charge in [-0.15, -0.1) is 0 Å². The SMILES string of the molecule is Nc1c(C=O)ccc2ccccc12.Nc1c(C=O)ccc2ccccc12. The minimum atomic E-state index is 0.554. The first-order chi connectivity index (χ1) is 12.7. The van der Waals surface area contributed by atoms with Gasteiger partial charge < -0.3 is 11.5 Å². The van der Waals surface area contributed by atoms with E-state index >= 15 is 0 Å². The monoisotopic (exact) mass is 342 g/mol. The topological polar surface area (TPSA) is 86.2 Å². The maximum atomic E-state index is 10.6. The molecule has 0 atom stereocenters. The summed E-state index contributed by atoms with van der Waals surface area (Å²) in [7, 11) is 0. The Morgan fingerprint density at radius 2 is 0.923 bits per heavy atom. The molecule has 0 amide bonds. The Bertz CT molecular complexity index is 1010. The average molecular weight is 342 g/mol. The number of hydrogen-bond acceptors (Lipinski definition) is 4. The van der Waals surface area contributed by atoms with Crippen LogP contribution in [0.2, 0.25) is 0 Å². The lowest BCUT2D eigenvalue weighted by Crippen LogP contribution is -1.93. The highest BCUT2D eigenvalue weighted by atomic mass is 16.1. The summed E-state index contributed by atoms with van der Waals surface area (Å²) in [6.07, 6.45) is 1.56. The Morgan fingerprint density at radius 3 is 1.31 bits per heavy atom. The quantitative estimate of drug-likeness (QED) is 0.416. The predicted molar refractivity (Wildman–Crippen MR) is 107 cm³/mol. The normalized spacial score (nSPS) is 10.2. The smallest absolute Gasteiger partial charge is 0.152 e. The van der Waals surface area contributed by atoms with Gasteiger partial charge in [-0.1, -0.05) is 60.7 Å². The molecule has 4 heteroatoms. The molecule has 0 heterocycles. The van der Waals surface area contributed by atoms with Gasteiger partial charge in [0.25, 0.3) is 0 Å². The van der Waals surface area contributed by atoms with Gasteiger partial charge in [-0.3, -0.25) is 9.59 Å². The average Bonchev–Trinajstić information content (AvgIpc) is 2.70. The molecule has 0 fully saturated rings. The van der Waals surface area contributed by atoms with Crippen molar-refractivity contribution in [2.24, 2.45) is 0 Å². The van der Waals surface area contributed by atoms with E-state index in [1.165, 1.54) is 0 Å². The third-order valence-electron chi connectivity index (χ3n) is 4.26. The number of rotatable bonds is 2. The summed E-state index contributed by atoms with van der Waals surface area (Å²) >= 11 is 0. The molecular weight excluding hydrogens is 324 g/mol. The summed E-state index contributed by atoms with van der Waals surface area (Å²) in [5.41, 5.74) is 13.8. The molecule has 0 aliphatic rings. The second-order valence-electron chi connectivity index (χ2n) is 5.81. The molecule has 0 aliphatic heterocycles. The first-order valence-corrected chi connectivity index (χ1v) is 8.10. The van der Waals surface area contributed by atoms with Gasteiger partial charge in [0.15, 0.2) is 12.6 Å². The number of fused-ring (bicyclic) bond motifs is 2. The van der Waals surface area contributed by atoms with Crippen molar-refractivity contribution in [2.45, 2.75) is 0 Å². The molecule has 0 aromatic heterocycles. The van der Waals surface area contributed by atoms with Crippen LogP contribution in [0.1, 0.15) is 20.7 Å². The van der Waals surface area contributed by atoms with Crippen LogP contribution in [-0.4, -0.2) is 12.6 Å². The number of aldehydes is 2. The Balaban J connectivity index is 0.000000151. The molecule has 4 N–H and O–H groups in total. The lowest BCUT2D eigenvalue weighted by atomic mass is 10.1. The van der Waals surface area contributed by atoms with Crippen molar-refractivity contribution >= 4 is 45.5 Å². The first kappa shape index (κ1) is 17.2. The fourth-order valence-electron chi connectivity index (χ4n) is 2.83. The van der Waals surface area contributed by atoms with Gasteiger partial charge in [0.2, 0.25) is 0 Å². The summed E-state index contributed by atoms with van der Waals surface area (Å²) in [6, 6.07) is 22.8. The van der Waals surface area contributed by atoms with E-state index < -0.39 is 0 Å². The Labute approximate surface area is 151 Å². The van der Waals surface area contributed by atoms with Crippen molar-refractivity contribution in [3.63, 3.8) is 0 Å². The molecule has 4 aromatic carbocycles. The highest BCUT2D eigenvalue weighted by Crippen LogP contribution is 2.24. The molecule has 0 unspecified atom stereocenters. The third kappa shape index (κ3) is 3.26. The van der Waals surface area contributed by atoms with E-state index in [9.17, 15) is 9.59 Å². The van der Waals surface area contributed by atoms with Crippen molar-refractivity contribution in [2.75, 3.05) is 11.5 Å². The number of hydrogen-bond donors (Lipinski definition) is 2. The van der Waals surface area contributed by atoms with Crippen LogP contribution in [0.4, 0.5) is 11.4 Å². The molecule has 4 aromatic rings. The molecule has 0 saturated heterocycles. The van der Waals surface area contributed by atoms with Crippen LogP contribution in [-0.2, 0) is 0 Å². The first-order valence-electron chi connectivity index (χ1n) is 8.10. The largest absolute Gasteiger partial charge is 0.398 e. The number of nitrogens with two attached hydrogens (primary N) is 2. The maximum Gasteiger partial charge on any atom is 0.152 e. The van der Waals surface area contributed by atoms with E-state index in [4.69, 9.17) is 11.5 Å². The molecule has 0 aliphatic carbocycles.